The number of hydrogen-bond donors (Lipinski definition) is 2. The molecule has 0 bridgehead atoms. The number of nitrogens with zero attached hydrogens (tertiary/aromatic N) is 2. The van der Waals surface area contributed by atoms with Crippen molar-refractivity contribution >= 4 is 41.3 Å². The lowest BCUT2D eigenvalue weighted by atomic mass is 10.1. The fourth-order valence-corrected chi connectivity index (χ4v) is 3.70. The van der Waals surface area contributed by atoms with Crippen LogP contribution in [0.25, 0.3) is 0 Å². The number of likely N-dealkylation sites (N-methyl/N-ethyl adjacent to an activating group) is 1. The normalized spacial score (nSPS) is 18.6. The summed E-state index contributed by atoms with van der Waals surface area (Å²) in [5, 5.41) is 8.90. The highest BCUT2D eigenvalue weighted by Gasteiger charge is 2.16. The van der Waals surface area contributed by atoms with Crippen LogP contribution in [0.2, 0.25) is 0 Å². The first-order chi connectivity index (χ1) is 12.2. The summed E-state index contributed by atoms with van der Waals surface area (Å²) in [6.07, 6.45) is 2.10. The van der Waals surface area contributed by atoms with Crippen molar-refractivity contribution in [3.8, 4) is 0 Å². The van der Waals surface area contributed by atoms with Crippen molar-refractivity contribution in [3.63, 3.8) is 0 Å². The van der Waals surface area contributed by atoms with Gasteiger partial charge in [-0.3, -0.25) is 4.99 Å². The van der Waals surface area contributed by atoms with Crippen LogP contribution in [0.3, 0.4) is 0 Å². The highest BCUT2D eigenvalue weighted by atomic mass is 127. The first-order valence-corrected chi connectivity index (χ1v) is 9.88. The van der Waals surface area contributed by atoms with Gasteiger partial charge in [0.1, 0.15) is 0 Å². The zero-order chi connectivity index (χ0) is 17.9. The van der Waals surface area contributed by atoms with Gasteiger partial charge in [0.2, 0.25) is 0 Å². The van der Waals surface area contributed by atoms with Crippen LogP contribution in [0, 0.1) is 5.92 Å². The topological polar surface area (TPSA) is 58.1 Å². The second kappa shape index (κ2) is 13.7. The number of hydrogen-bond acceptors (Lipinski definition) is 5. The molecule has 26 heavy (non-hydrogen) atoms. The van der Waals surface area contributed by atoms with Crippen molar-refractivity contribution in [2.24, 2.45) is 10.9 Å². The predicted molar refractivity (Wildman–Crippen MR) is 120 cm³/mol. The van der Waals surface area contributed by atoms with Gasteiger partial charge in [0, 0.05) is 44.1 Å². The molecule has 0 radical (unpaired) electrons. The fraction of sp³-hybridized carbons (Fsp3) is 0.722. The third-order valence-electron chi connectivity index (χ3n) is 4.32. The second-order valence-electron chi connectivity index (χ2n) is 6.53. The Hall–Kier alpha value is -0.420. The number of rotatable bonds is 10. The molecule has 8 heteroatoms. The Balaban J connectivity index is 0.00000338. The van der Waals surface area contributed by atoms with Gasteiger partial charge in [0.15, 0.2) is 5.96 Å². The number of thiophene rings is 1. The van der Waals surface area contributed by atoms with E-state index in [1.807, 2.05) is 7.05 Å². The minimum Gasteiger partial charge on any atom is -0.381 e. The lowest BCUT2D eigenvalue weighted by Crippen LogP contribution is -2.42. The molecule has 1 aliphatic rings. The number of nitrogens with one attached hydrogen (secondary N) is 2. The Morgan fingerprint density at radius 3 is 2.92 bits per heavy atom. The molecule has 2 unspecified atom stereocenters. The molecule has 0 spiro atoms. The highest BCUT2D eigenvalue weighted by molar-refractivity contribution is 14.0. The molecule has 0 aromatic carbocycles. The van der Waals surface area contributed by atoms with Crippen molar-refractivity contribution in [1.82, 2.24) is 15.5 Å². The van der Waals surface area contributed by atoms with Crippen LogP contribution < -0.4 is 10.6 Å². The van der Waals surface area contributed by atoms with Crippen molar-refractivity contribution in [2.45, 2.75) is 18.9 Å². The van der Waals surface area contributed by atoms with Crippen molar-refractivity contribution in [3.05, 3.63) is 22.4 Å². The first-order valence-electron chi connectivity index (χ1n) is 9.00. The van der Waals surface area contributed by atoms with E-state index in [0.29, 0.717) is 12.0 Å². The molecular formula is C18H33IN4O2S. The largest absolute Gasteiger partial charge is 0.381 e. The van der Waals surface area contributed by atoms with Crippen LogP contribution in [0.5, 0.6) is 0 Å². The maximum absolute atomic E-state index is 5.73. The van der Waals surface area contributed by atoms with E-state index in [1.165, 1.54) is 4.88 Å². The number of ether oxygens (including phenoxy) is 2. The zero-order valence-corrected chi connectivity index (χ0v) is 19.2. The lowest BCUT2D eigenvalue weighted by Gasteiger charge is -2.24. The number of halogens is 1. The van der Waals surface area contributed by atoms with E-state index in [2.05, 4.69) is 52.1 Å². The summed E-state index contributed by atoms with van der Waals surface area (Å²) in [7, 11) is 6.02. The molecular weight excluding hydrogens is 463 g/mol. The standard InChI is InChI=1S/C18H32N4O2S.HI/c1-19-18(20-8-5-9-23-13-15-7-10-24-14-15)21-12-16(22(2)3)17-6-4-11-25-17;/h4,6,11,15-16H,5,7-10,12-14H2,1-3H3,(H2,19,20,21);1H. The first kappa shape index (κ1) is 23.6. The highest BCUT2D eigenvalue weighted by Crippen LogP contribution is 2.22. The average Bonchev–Trinajstić information content (AvgIpc) is 3.29. The Morgan fingerprint density at radius 2 is 2.31 bits per heavy atom. The minimum atomic E-state index is 0. The maximum atomic E-state index is 5.73. The summed E-state index contributed by atoms with van der Waals surface area (Å²) in [5.41, 5.74) is 0. The Kier molecular flexibility index (Phi) is 12.4. The Labute approximate surface area is 178 Å². The van der Waals surface area contributed by atoms with E-state index >= 15 is 0 Å². The van der Waals surface area contributed by atoms with Crippen molar-refractivity contribution in [1.29, 1.82) is 0 Å². The van der Waals surface area contributed by atoms with Gasteiger partial charge >= 0.3 is 0 Å². The Bertz CT molecular complexity index is 493. The molecule has 1 aromatic heterocycles. The van der Waals surface area contributed by atoms with E-state index in [-0.39, 0.29) is 24.0 Å². The summed E-state index contributed by atoms with van der Waals surface area (Å²) in [4.78, 5) is 7.89. The van der Waals surface area contributed by atoms with Gasteiger partial charge in [-0.2, -0.15) is 0 Å². The molecule has 0 aliphatic carbocycles. The van der Waals surface area contributed by atoms with E-state index < -0.39 is 0 Å². The number of aliphatic imine (C=N–C) groups is 1. The van der Waals surface area contributed by atoms with Gasteiger partial charge < -0.3 is 25.0 Å². The number of guanidine groups is 1. The average molecular weight is 496 g/mol. The van der Waals surface area contributed by atoms with Crippen LogP contribution in [0.4, 0.5) is 0 Å². The van der Waals surface area contributed by atoms with E-state index in [1.54, 1.807) is 11.3 Å². The van der Waals surface area contributed by atoms with E-state index in [0.717, 1.165) is 58.3 Å². The molecule has 1 aromatic rings. The van der Waals surface area contributed by atoms with Gasteiger partial charge in [-0.25, -0.2) is 0 Å². The van der Waals surface area contributed by atoms with Gasteiger partial charge in [-0.05, 0) is 38.4 Å². The van der Waals surface area contributed by atoms with Crippen molar-refractivity contribution < 1.29 is 9.47 Å². The summed E-state index contributed by atoms with van der Waals surface area (Å²) < 4.78 is 11.1. The fourth-order valence-electron chi connectivity index (χ4n) is 2.78. The molecule has 1 fully saturated rings. The quantitative estimate of drug-likeness (QED) is 0.226. The van der Waals surface area contributed by atoms with Crippen LogP contribution in [0.1, 0.15) is 23.8 Å². The van der Waals surface area contributed by atoms with E-state index in [9.17, 15) is 0 Å². The van der Waals surface area contributed by atoms with Gasteiger partial charge in [-0.15, -0.1) is 35.3 Å². The van der Waals surface area contributed by atoms with Gasteiger partial charge in [-0.1, -0.05) is 6.07 Å². The summed E-state index contributed by atoms with van der Waals surface area (Å²) in [6, 6.07) is 4.62. The van der Waals surface area contributed by atoms with E-state index in [4.69, 9.17) is 9.47 Å². The zero-order valence-electron chi connectivity index (χ0n) is 16.1. The Morgan fingerprint density at radius 1 is 1.46 bits per heavy atom. The van der Waals surface area contributed by atoms with Crippen LogP contribution in [-0.4, -0.2) is 71.5 Å². The molecule has 150 valence electrons. The molecule has 6 nitrogen and oxygen atoms in total. The van der Waals surface area contributed by atoms with Gasteiger partial charge in [0.05, 0.1) is 19.3 Å². The molecule has 2 heterocycles. The summed E-state index contributed by atoms with van der Waals surface area (Å²) in [6.45, 7) is 5.01. The summed E-state index contributed by atoms with van der Waals surface area (Å²) in [5.74, 6) is 1.43. The lowest BCUT2D eigenvalue weighted by molar-refractivity contribution is 0.0888. The van der Waals surface area contributed by atoms with Crippen LogP contribution >= 0.6 is 35.3 Å². The molecule has 0 saturated carbocycles. The van der Waals surface area contributed by atoms with Crippen LogP contribution in [-0.2, 0) is 9.47 Å². The van der Waals surface area contributed by atoms with Crippen molar-refractivity contribution in [2.75, 3.05) is 60.7 Å². The third-order valence-corrected chi connectivity index (χ3v) is 5.29. The molecule has 1 aliphatic heterocycles. The van der Waals surface area contributed by atoms with Gasteiger partial charge in [0.25, 0.3) is 0 Å². The maximum Gasteiger partial charge on any atom is 0.191 e. The summed E-state index contributed by atoms with van der Waals surface area (Å²) >= 11 is 1.79. The third kappa shape index (κ3) is 8.51. The smallest absolute Gasteiger partial charge is 0.191 e. The molecule has 2 rings (SSSR count). The monoisotopic (exact) mass is 496 g/mol. The SMILES string of the molecule is CN=C(NCCCOCC1CCOC1)NCC(c1cccs1)N(C)C.I. The molecule has 1 saturated heterocycles. The van der Waals surface area contributed by atoms with Crippen LogP contribution in [0.15, 0.2) is 22.5 Å². The molecule has 2 N–H and O–H groups in total. The second-order valence-corrected chi connectivity index (χ2v) is 7.51. The molecule has 0 amide bonds. The predicted octanol–water partition coefficient (Wildman–Crippen LogP) is 2.58. The molecule has 2 atom stereocenters. The minimum absolute atomic E-state index is 0.